The summed E-state index contributed by atoms with van der Waals surface area (Å²) in [6.07, 6.45) is -1.59. The van der Waals surface area contributed by atoms with Gasteiger partial charge < -0.3 is 9.80 Å². The van der Waals surface area contributed by atoms with Crippen molar-refractivity contribution in [3.05, 3.63) is 17.6 Å². The van der Waals surface area contributed by atoms with Crippen LogP contribution in [0, 0.1) is 0 Å². The third kappa shape index (κ3) is 4.56. The Morgan fingerprint density at radius 2 is 1.87 bits per heavy atom. The predicted molar refractivity (Wildman–Crippen MR) is 84.7 cm³/mol. The van der Waals surface area contributed by atoms with Gasteiger partial charge in [0, 0.05) is 30.9 Å². The minimum Gasteiger partial charge on any atom is -0.356 e. The van der Waals surface area contributed by atoms with Crippen molar-refractivity contribution >= 4 is 5.82 Å². The standard InChI is InChI=1S/C16H25F3N4/c1-11(2)13-10-14(21-15(20-13)16(17,18)19)23-8-5-6-12(7-9-23)22(3)4/h10-12H,5-9H2,1-4H3. The lowest BCUT2D eigenvalue weighted by Gasteiger charge is -2.25. The molecule has 23 heavy (non-hydrogen) atoms. The van der Waals surface area contributed by atoms with E-state index in [4.69, 9.17) is 0 Å². The molecule has 0 saturated carbocycles. The van der Waals surface area contributed by atoms with Gasteiger partial charge in [-0.25, -0.2) is 9.97 Å². The van der Waals surface area contributed by atoms with E-state index in [-0.39, 0.29) is 5.92 Å². The Hall–Kier alpha value is -1.37. The van der Waals surface area contributed by atoms with Crippen molar-refractivity contribution in [3.63, 3.8) is 0 Å². The van der Waals surface area contributed by atoms with Gasteiger partial charge in [0.05, 0.1) is 0 Å². The number of nitrogens with zero attached hydrogens (tertiary/aromatic N) is 4. The van der Waals surface area contributed by atoms with Gasteiger partial charge in [-0.3, -0.25) is 0 Å². The molecular weight excluding hydrogens is 305 g/mol. The van der Waals surface area contributed by atoms with E-state index < -0.39 is 12.0 Å². The molecule has 1 atom stereocenters. The first kappa shape index (κ1) is 18.0. The van der Waals surface area contributed by atoms with E-state index in [2.05, 4.69) is 14.9 Å². The molecule has 4 nitrogen and oxygen atoms in total. The molecule has 1 unspecified atom stereocenters. The van der Waals surface area contributed by atoms with E-state index >= 15 is 0 Å². The van der Waals surface area contributed by atoms with Gasteiger partial charge in [0.2, 0.25) is 5.82 Å². The Morgan fingerprint density at radius 3 is 2.43 bits per heavy atom. The molecule has 0 N–H and O–H groups in total. The summed E-state index contributed by atoms with van der Waals surface area (Å²) in [6.45, 7) is 5.14. The summed E-state index contributed by atoms with van der Waals surface area (Å²) in [4.78, 5) is 11.6. The van der Waals surface area contributed by atoms with Crippen LogP contribution < -0.4 is 4.90 Å². The normalized spacial score (nSPS) is 20.2. The lowest BCUT2D eigenvalue weighted by molar-refractivity contribution is -0.145. The van der Waals surface area contributed by atoms with Crippen molar-refractivity contribution < 1.29 is 13.2 Å². The van der Waals surface area contributed by atoms with Crippen LogP contribution in [0.5, 0.6) is 0 Å². The van der Waals surface area contributed by atoms with Gasteiger partial charge in [-0.05, 0) is 39.3 Å². The zero-order valence-electron chi connectivity index (χ0n) is 14.2. The molecule has 1 aromatic rings. The Morgan fingerprint density at radius 1 is 1.17 bits per heavy atom. The van der Waals surface area contributed by atoms with Crippen LogP contribution in [0.3, 0.4) is 0 Å². The van der Waals surface area contributed by atoms with Crippen LogP contribution in [-0.2, 0) is 6.18 Å². The zero-order chi connectivity index (χ0) is 17.2. The molecule has 1 fully saturated rings. The van der Waals surface area contributed by atoms with Gasteiger partial charge in [0.1, 0.15) is 5.82 Å². The molecule has 1 aliphatic heterocycles. The third-order valence-electron chi connectivity index (χ3n) is 4.33. The average molecular weight is 330 g/mol. The van der Waals surface area contributed by atoms with E-state index in [1.165, 1.54) is 0 Å². The van der Waals surface area contributed by atoms with Crippen LogP contribution >= 0.6 is 0 Å². The molecule has 1 saturated heterocycles. The van der Waals surface area contributed by atoms with Crippen molar-refractivity contribution in [2.75, 3.05) is 32.1 Å². The lowest BCUT2D eigenvalue weighted by atomic mass is 10.1. The van der Waals surface area contributed by atoms with E-state index in [1.54, 1.807) is 6.07 Å². The molecule has 2 heterocycles. The molecule has 0 aliphatic carbocycles. The maximum absolute atomic E-state index is 13.1. The first-order valence-electron chi connectivity index (χ1n) is 8.06. The molecular formula is C16H25F3N4. The van der Waals surface area contributed by atoms with Gasteiger partial charge in [-0.15, -0.1) is 0 Å². The van der Waals surface area contributed by atoms with E-state index in [0.29, 0.717) is 24.1 Å². The highest BCUT2D eigenvalue weighted by Gasteiger charge is 2.36. The van der Waals surface area contributed by atoms with Crippen molar-refractivity contribution in [3.8, 4) is 0 Å². The van der Waals surface area contributed by atoms with Crippen LogP contribution in [0.2, 0.25) is 0 Å². The number of alkyl halides is 3. The fourth-order valence-corrected chi connectivity index (χ4v) is 2.86. The fraction of sp³-hybridized carbons (Fsp3) is 0.750. The smallest absolute Gasteiger partial charge is 0.356 e. The first-order chi connectivity index (χ1) is 10.7. The largest absolute Gasteiger partial charge is 0.451 e. The Labute approximate surface area is 135 Å². The summed E-state index contributed by atoms with van der Waals surface area (Å²) in [5.74, 6) is -0.707. The number of aromatic nitrogens is 2. The van der Waals surface area contributed by atoms with Crippen molar-refractivity contribution in [1.82, 2.24) is 14.9 Å². The highest BCUT2D eigenvalue weighted by molar-refractivity contribution is 5.41. The first-order valence-corrected chi connectivity index (χ1v) is 8.06. The molecule has 1 aromatic heterocycles. The average Bonchev–Trinajstić information content (AvgIpc) is 2.71. The van der Waals surface area contributed by atoms with Gasteiger partial charge in [0.15, 0.2) is 0 Å². The number of halogens is 3. The van der Waals surface area contributed by atoms with Gasteiger partial charge in [-0.2, -0.15) is 13.2 Å². The predicted octanol–water partition coefficient (Wildman–Crippen LogP) is 3.54. The fourth-order valence-electron chi connectivity index (χ4n) is 2.86. The van der Waals surface area contributed by atoms with Crippen molar-refractivity contribution in [2.45, 2.75) is 51.2 Å². The van der Waals surface area contributed by atoms with Crippen LogP contribution in [0.25, 0.3) is 0 Å². The second kappa shape index (κ2) is 7.03. The van der Waals surface area contributed by atoms with Crippen LogP contribution in [-0.4, -0.2) is 48.1 Å². The van der Waals surface area contributed by atoms with Crippen LogP contribution in [0.4, 0.5) is 19.0 Å². The highest BCUT2D eigenvalue weighted by Crippen LogP contribution is 2.30. The molecule has 130 valence electrons. The highest BCUT2D eigenvalue weighted by atomic mass is 19.4. The Kier molecular flexibility index (Phi) is 5.49. The second-order valence-electron chi connectivity index (χ2n) is 6.66. The lowest BCUT2D eigenvalue weighted by Crippen LogP contribution is -2.30. The SMILES string of the molecule is CC(C)c1cc(N2CCCC(N(C)C)CC2)nc(C(F)(F)F)n1. The number of hydrogen-bond acceptors (Lipinski definition) is 4. The quantitative estimate of drug-likeness (QED) is 0.848. The second-order valence-corrected chi connectivity index (χ2v) is 6.66. The summed E-state index contributed by atoms with van der Waals surface area (Å²) in [7, 11) is 4.09. The zero-order valence-corrected chi connectivity index (χ0v) is 14.2. The van der Waals surface area contributed by atoms with Crippen LogP contribution in [0.15, 0.2) is 6.07 Å². The maximum Gasteiger partial charge on any atom is 0.451 e. The monoisotopic (exact) mass is 330 g/mol. The minimum atomic E-state index is -4.52. The molecule has 0 amide bonds. The summed E-state index contributed by atoms with van der Waals surface area (Å²) in [6, 6.07) is 2.17. The van der Waals surface area contributed by atoms with Gasteiger partial charge >= 0.3 is 6.18 Å². The third-order valence-corrected chi connectivity index (χ3v) is 4.33. The molecule has 0 radical (unpaired) electrons. The topological polar surface area (TPSA) is 32.3 Å². The van der Waals surface area contributed by atoms with Gasteiger partial charge in [0.25, 0.3) is 0 Å². The van der Waals surface area contributed by atoms with E-state index in [1.807, 2.05) is 32.8 Å². The minimum absolute atomic E-state index is 0.0700. The van der Waals surface area contributed by atoms with E-state index in [9.17, 15) is 13.2 Å². The van der Waals surface area contributed by atoms with Crippen molar-refractivity contribution in [2.24, 2.45) is 0 Å². The maximum atomic E-state index is 13.1. The van der Waals surface area contributed by atoms with Crippen molar-refractivity contribution in [1.29, 1.82) is 0 Å². The molecule has 0 aromatic carbocycles. The van der Waals surface area contributed by atoms with Crippen LogP contribution in [0.1, 0.15) is 50.5 Å². The molecule has 0 bridgehead atoms. The summed E-state index contributed by atoms with van der Waals surface area (Å²) in [5, 5.41) is 0. The summed E-state index contributed by atoms with van der Waals surface area (Å²) in [5.41, 5.74) is 0.440. The number of hydrogen-bond donors (Lipinski definition) is 0. The molecule has 2 rings (SSSR count). The molecule has 0 spiro atoms. The Balaban J connectivity index is 2.29. The Bertz CT molecular complexity index is 529. The molecule has 1 aliphatic rings. The summed E-state index contributed by atoms with van der Waals surface area (Å²) >= 11 is 0. The van der Waals surface area contributed by atoms with E-state index in [0.717, 1.165) is 25.8 Å². The number of rotatable bonds is 3. The summed E-state index contributed by atoms with van der Waals surface area (Å²) < 4.78 is 39.2. The number of anilines is 1. The molecule has 7 heteroatoms. The van der Waals surface area contributed by atoms with Gasteiger partial charge in [-0.1, -0.05) is 13.8 Å².